The smallest absolute Gasteiger partial charge is 0.296 e. The summed E-state index contributed by atoms with van der Waals surface area (Å²) in [5.41, 5.74) is 5.50. The van der Waals surface area contributed by atoms with E-state index in [1.807, 2.05) is 0 Å². The van der Waals surface area contributed by atoms with Crippen molar-refractivity contribution in [3.63, 3.8) is 0 Å². The van der Waals surface area contributed by atoms with Gasteiger partial charge in [0.1, 0.15) is 0 Å². The second kappa shape index (κ2) is 6.17. The lowest BCUT2D eigenvalue weighted by atomic mass is 10.00. The van der Waals surface area contributed by atoms with Crippen LogP contribution in [-0.4, -0.2) is 34.9 Å². The fraction of sp³-hybridized carbons (Fsp3) is 0.778. The van der Waals surface area contributed by atoms with Crippen molar-refractivity contribution < 1.29 is 26.8 Å². The molecule has 0 spiro atoms. The zero-order chi connectivity index (χ0) is 14.6. The Hall–Kier alpha value is -1.39. The Bertz CT molecular complexity index is 484. The highest BCUT2D eigenvalue weighted by molar-refractivity contribution is 7.79. The maximum absolute atomic E-state index is 8.63. The molecule has 0 radical (unpaired) electrons. The fourth-order valence-corrected chi connectivity index (χ4v) is 2.17. The van der Waals surface area contributed by atoms with E-state index in [4.69, 9.17) is 27.8 Å². The standard InChI is InChI=1S/C9H17N4O.H2O4S/c1-7-4-3-5-8(2)13(7)12-6-9(10)14-11-12;1-5(2,3)4/h6-8H,3-5,10H2,1-2H3;(H2,1,2,3,4)/q+1;/p-1/t7-,8+;. The minimum absolute atomic E-state index is 0.356. The summed E-state index contributed by atoms with van der Waals surface area (Å²) in [7, 11) is -4.92. The Morgan fingerprint density at radius 3 is 2.37 bits per heavy atom. The van der Waals surface area contributed by atoms with Crippen molar-refractivity contribution in [2.75, 3.05) is 10.7 Å². The number of anilines is 1. The van der Waals surface area contributed by atoms with Crippen molar-refractivity contribution in [3.05, 3.63) is 6.20 Å². The number of hydrogen-bond donors (Lipinski definition) is 2. The monoisotopic (exact) mass is 294 g/mol. The van der Waals surface area contributed by atoms with Gasteiger partial charge in [-0.25, -0.2) is 8.42 Å². The third kappa shape index (κ3) is 5.41. The van der Waals surface area contributed by atoms with Gasteiger partial charge >= 0.3 is 0 Å². The van der Waals surface area contributed by atoms with Gasteiger partial charge in [0.2, 0.25) is 15.7 Å². The quantitative estimate of drug-likeness (QED) is 0.400. The molecule has 110 valence electrons. The molecule has 9 nitrogen and oxygen atoms in total. The van der Waals surface area contributed by atoms with E-state index in [2.05, 4.69) is 24.1 Å². The van der Waals surface area contributed by atoms with Gasteiger partial charge in [0.25, 0.3) is 12.1 Å². The molecule has 1 saturated heterocycles. The Morgan fingerprint density at radius 1 is 1.53 bits per heavy atom. The van der Waals surface area contributed by atoms with Crippen LogP contribution < -0.4 is 15.5 Å². The van der Waals surface area contributed by atoms with Gasteiger partial charge in [-0.3, -0.25) is 9.08 Å². The summed E-state index contributed by atoms with van der Waals surface area (Å²) in [5.74, 6) is 0.356. The number of nitrogens with zero attached hydrogens (tertiary/aromatic N) is 3. The van der Waals surface area contributed by atoms with E-state index in [0.717, 1.165) is 0 Å². The number of rotatable bonds is 1. The van der Waals surface area contributed by atoms with Crippen LogP contribution in [0.15, 0.2) is 10.7 Å². The Labute approximate surface area is 111 Å². The van der Waals surface area contributed by atoms with E-state index in [0.29, 0.717) is 18.0 Å². The molecule has 1 aliphatic heterocycles. The second-order valence-corrected chi connectivity index (χ2v) is 5.32. The first kappa shape index (κ1) is 15.7. The largest absolute Gasteiger partial charge is 0.726 e. The first-order chi connectivity index (χ1) is 8.68. The lowest BCUT2D eigenvalue weighted by Crippen LogP contribution is -2.67. The molecule has 2 rings (SSSR count). The van der Waals surface area contributed by atoms with E-state index in [1.54, 1.807) is 11.0 Å². The van der Waals surface area contributed by atoms with Crippen molar-refractivity contribution in [1.29, 1.82) is 0 Å². The predicted molar refractivity (Wildman–Crippen MR) is 64.4 cm³/mol. The molecule has 0 unspecified atom stereocenters. The summed E-state index contributed by atoms with van der Waals surface area (Å²) in [5, 5.41) is 6.09. The minimum atomic E-state index is -4.92. The molecule has 2 atom stereocenters. The molecular weight excluding hydrogens is 276 g/mol. The third-order valence-corrected chi connectivity index (χ3v) is 2.86. The molecule has 0 aromatic carbocycles. The fourth-order valence-electron chi connectivity index (χ4n) is 2.17. The topological polar surface area (TPSA) is 137 Å². The summed E-state index contributed by atoms with van der Waals surface area (Å²) in [4.78, 5) is 1.73. The Morgan fingerprint density at radius 2 is 2.00 bits per heavy atom. The van der Waals surface area contributed by atoms with Crippen LogP contribution in [0.4, 0.5) is 5.88 Å². The molecule has 10 heteroatoms. The van der Waals surface area contributed by atoms with Crippen LogP contribution in [0.1, 0.15) is 33.1 Å². The molecular formula is C9H18N4O5S. The molecule has 0 bridgehead atoms. The van der Waals surface area contributed by atoms with Crippen LogP contribution in [0.25, 0.3) is 0 Å². The molecule has 3 N–H and O–H groups in total. The SMILES string of the molecule is C[C@@H]1CCC[C@H](C)N1[n+]1cc(N)on1.O=S(=O)([O-])O. The van der Waals surface area contributed by atoms with Crippen molar-refractivity contribution in [2.45, 2.75) is 45.2 Å². The number of aromatic nitrogens is 2. The van der Waals surface area contributed by atoms with Crippen LogP contribution in [0.2, 0.25) is 0 Å². The van der Waals surface area contributed by atoms with Gasteiger partial charge in [0.05, 0.1) is 16.9 Å². The molecule has 1 aliphatic rings. The maximum atomic E-state index is 8.63. The Balaban J connectivity index is 0.000000312. The zero-order valence-electron chi connectivity index (χ0n) is 10.8. The van der Waals surface area contributed by atoms with Gasteiger partial charge in [0, 0.05) is 0 Å². The number of hydrogen-bond acceptors (Lipinski definition) is 7. The summed E-state index contributed by atoms with van der Waals surface area (Å²) in [6.45, 7) is 4.40. The van der Waals surface area contributed by atoms with Gasteiger partial charge in [-0.1, -0.05) is 0 Å². The third-order valence-electron chi connectivity index (χ3n) is 2.86. The second-order valence-electron chi connectivity index (χ2n) is 4.46. The summed E-state index contributed by atoms with van der Waals surface area (Å²) >= 11 is 0. The van der Waals surface area contributed by atoms with Crippen molar-refractivity contribution >= 4 is 16.3 Å². The van der Waals surface area contributed by atoms with Gasteiger partial charge in [-0.15, -0.1) is 5.01 Å². The molecule has 2 heterocycles. The predicted octanol–water partition coefficient (Wildman–Crippen LogP) is -0.552. The average molecular weight is 294 g/mol. The zero-order valence-corrected chi connectivity index (χ0v) is 11.6. The van der Waals surface area contributed by atoms with Crippen molar-refractivity contribution in [2.24, 2.45) is 0 Å². The van der Waals surface area contributed by atoms with Crippen LogP contribution in [0, 0.1) is 0 Å². The van der Waals surface area contributed by atoms with E-state index >= 15 is 0 Å². The van der Waals surface area contributed by atoms with Gasteiger partial charge in [-0.05, 0) is 33.1 Å². The summed E-state index contributed by atoms with van der Waals surface area (Å²) < 4.78 is 37.7. The molecule has 0 amide bonds. The molecule has 1 aromatic rings. The summed E-state index contributed by atoms with van der Waals surface area (Å²) in [6.07, 6.45) is 5.40. The van der Waals surface area contributed by atoms with Crippen LogP contribution in [-0.2, 0) is 10.4 Å². The van der Waals surface area contributed by atoms with Crippen molar-refractivity contribution in [1.82, 2.24) is 5.27 Å². The highest BCUT2D eigenvalue weighted by Gasteiger charge is 2.33. The van der Waals surface area contributed by atoms with Crippen molar-refractivity contribution in [3.8, 4) is 0 Å². The highest BCUT2D eigenvalue weighted by Crippen LogP contribution is 2.18. The van der Waals surface area contributed by atoms with Gasteiger partial charge in [-0.2, -0.15) is 0 Å². The minimum Gasteiger partial charge on any atom is -0.726 e. The molecule has 0 saturated carbocycles. The number of nitrogen functional groups attached to an aromatic ring is 1. The maximum Gasteiger partial charge on any atom is 0.296 e. The first-order valence-electron chi connectivity index (χ1n) is 5.79. The normalized spacial score (nSPS) is 23.7. The van der Waals surface area contributed by atoms with Gasteiger partial charge in [0.15, 0.2) is 0 Å². The van der Waals surface area contributed by atoms with E-state index in [1.165, 1.54) is 19.3 Å². The average Bonchev–Trinajstić information content (AvgIpc) is 2.62. The highest BCUT2D eigenvalue weighted by atomic mass is 32.3. The first-order valence-corrected chi connectivity index (χ1v) is 7.16. The number of piperidine rings is 1. The lowest BCUT2D eigenvalue weighted by Gasteiger charge is -2.31. The van der Waals surface area contributed by atoms with Crippen LogP contribution in [0.3, 0.4) is 0 Å². The van der Waals surface area contributed by atoms with Gasteiger partial charge < -0.3 is 10.3 Å². The molecule has 0 aliphatic carbocycles. The van der Waals surface area contributed by atoms with E-state index in [-0.39, 0.29) is 0 Å². The Kier molecular flexibility index (Phi) is 5.09. The molecule has 1 aromatic heterocycles. The molecule has 1 fully saturated rings. The number of nitrogens with two attached hydrogens (primary N) is 1. The van der Waals surface area contributed by atoms with E-state index < -0.39 is 10.4 Å². The van der Waals surface area contributed by atoms with E-state index in [9.17, 15) is 0 Å². The molecule has 19 heavy (non-hydrogen) atoms. The lowest BCUT2D eigenvalue weighted by molar-refractivity contribution is -0.765. The summed E-state index contributed by atoms with van der Waals surface area (Å²) in [6, 6.07) is 0.987. The van der Waals surface area contributed by atoms with Crippen LogP contribution in [0.5, 0.6) is 0 Å². The van der Waals surface area contributed by atoms with Crippen LogP contribution >= 0.6 is 0 Å².